The summed E-state index contributed by atoms with van der Waals surface area (Å²) in [5, 5.41) is 6.16. The van der Waals surface area contributed by atoms with Crippen molar-refractivity contribution in [2.24, 2.45) is 5.92 Å². The maximum Gasteiger partial charge on any atom is 0.224 e. The summed E-state index contributed by atoms with van der Waals surface area (Å²) in [5.41, 5.74) is 1.06. The number of carbonyl (C=O) groups is 2. The molecule has 5 nitrogen and oxygen atoms in total. The van der Waals surface area contributed by atoms with Crippen LogP contribution in [-0.2, 0) is 16.0 Å². The van der Waals surface area contributed by atoms with Crippen molar-refractivity contribution in [1.29, 1.82) is 0 Å². The van der Waals surface area contributed by atoms with Gasteiger partial charge in [0, 0.05) is 44.1 Å². The van der Waals surface area contributed by atoms with Gasteiger partial charge in [0.1, 0.15) is 0 Å². The zero-order chi connectivity index (χ0) is 15.2. The van der Waals surface area contributed by atoms with Gasteiger partial charge in [0.15, 0.2) is 0 Å². The van der Waals surface area contributed by atoms with Crippen molar-refractivity contribution in [3.8, 4) is 0 Å². The van der Waals surface area contributed by atoms with Crippen LogP contribution in [0.5, 0.6) is 0 Å². The average molecular weight is 309 g/mol. The van der Waals surface area contributed by atoms with E-state index in [4.69, 9.17) is 0 Å². The number of hydrogen-bond acceptors (Lipinski definition) is 4. The summed E-state index contributed by atoms with van der Waals surface area (Å²) in [7, 11) is 0. The van der Waals surface area contributed by atoms with Crippen LogP contribution in [0.25, 0.3) is 0 Å². The van der Waals surface area contributed by atoms with E-state index < -0.39 is 0 Å². The molecule has 1 aliphatic heterocycles. The van der Waals surface area contributed by atoms with Gasteiger partial charge in [-0.1, -0.05) is 0 Å². The van der Waals surface area contributed by atoms with E-state index in [-0.39, 0.29) is 17.7 Å². The Morgan fingerprint density at radius 1 is 1.52 bits per heavy atom. The molecule has 1 aliphatic rings. The second-order valence-electron chi connectivity index (χ2n) is 5.58. The lowest BCUT2D eigenvalue weighted by Crippen LogP contribution is -2.44. The highest BCUT2D eigenvalue weighted by atomic mass is 32.1. The summed E-state index contributed by atoms with van der Waals surface area (Å²) in [4.78, 5) is 29.7. The van der Waals surface area contributed by atoms with Crippen molar-refractivity contribution < 1.29 is 9.59 Å². The topological polar surface area (TPSA) is 62.3 Å². The average Bonchev–Trinajstić information content (AvgIpc) is 2.89. The molecule has 1 fully saturated rings. The third-order valence-electron chi connectivity index (χ3n) is 3.77. The summed E-state index contributed by atoms with van der Waals surface area (Å²) in [6.07, 6.45) is 3.60. The Bertz CT molecular complexity index is 501. The highest BCUT2D eigenvalue weighted by molar-refractivity contribution is 7.09. The first-order valence-electron chi connectivity index (χ1n) is 7.50. The molecule has 1 saturated heterocycles. The summed E-state index contributed by atoms with van der Waals surface area (Å²) >= 11 is 1.67. The zero-order valence-electron chi connectivity index (χ0n) is 12.7. The zero-order valence-corrected chi connectivity index (χ0v) is 13.5. The van der Waals surface area contributed by atoms with Crippen LogP contribution in [0.3, 0.4) is 0 Å². The predicted molar refractivity (Wildman–Crippen MR) is 83.2 cm³/mol. The van der Waals surface area contributed by atoms with Crippen LogP contribution in [0, 0.1) is 12.8 Å². The minimum atomic E-state index is -0.0512. The molecule has 1 aromatic heterocycles. The number of piperidine rings is 1. The Balaban J connectivity index is 1.68. The summed E-state index contributed by atoms with van der Waals surface area (Å²) in [6.45, 7) is 5.57. The second-order valence-corrected chi connectivity index (χ2v) is 6.52. The first-order valence-corrected chi connectivity index (χ1v) is 8.38. The Labute approximate surface area is 129 Å². The molecule has 21 heavy (non-hydrogen) atoms. The predicted octanol–water partition coefficient (Wildman–Crippen LogP) is 1.76. The minimum Gasteiger partial charge on any atom is -0.356 e. The van der Waals surface area contributed by atoms with E-state index in [1.165, 1.54) is 0 Å². The van der Waals surface area contributed by atoms with Crippen LogP contribution in [0.15, 0.2) is 5.38 Å². The van der Waals surface area contributed by atoms with Crippen LogP contribution in [0.4, 0.5) is 0 Å². The Hall–Kier alpha value is -1.43. The van der Waals surface area contributed by atoms with E-state index in [1.807, 2.05) is 12.3 Å². The fourth-order valence-corrected chi connectivity index (χ4v) is 3.41. The lowest BCUT2D eigenvalue weighted by atomic mass is 9.97. The number of thiazole rings is 1. The van der Waals surface area contributed by atoms with Crippen LogP contribution >= 0.6 is 11.3 Å². The molecule has 0 radical (unpaired) electrons. The maximum atomic E-state index is 12.1. The Kier molecular flexibility index (Phi) is 5.73. The number of aryl methyl sites for hydroxylation is 2. The molecule has 0 aliphatic carbocycles. The molecule has 1 unspecified atom stereocenters. The molecule has 2 amide bonds. The molecule has 0 spiro atoms. The quantitative estimate of drug-likeness (QED) is 0.843. The number of nitrogens with one attached hydrogen (secondary N) is 1. The summed E-state index contributed by atoms with van der Waals surface area (Å²) < 4.78 is 0. The smallest absolute Gasteiger partial charge is 0.224 e. The van der Waals surface area contributed by atoms with E-state index >= 15 is 0 Å². The number of carbonyl (C=O) groups excluding carboxylic acids is 2. The molecule has 2 rings (SSSR count). The highest BCUT2D eigenvalue weighted by Gasteiger charge is 2.26. The molecular weight excluding hydrogens is 286 g/mol. The molecule has 2 heterocycles. The van der Waals surface area contributed by atoms with Gasteiger partial charge in [-0.25, -0.2) is 4.98 Å². The minimum absolute atomic E-state index is 0.0512. The number of rotatable bonds is 5. The van der Waals surface area contributed by atoms with Gasteiger partial charge in [-0.3, -0.25) is 9.59 Å². The maximum absolute atomic E-state index is 12.1. The fraction of sp³-hybridized carbons (Fsp3) is 0.667. The van der Waals surface area contributed by atoms with Gasteiger partial charge in [0.25, 0.3) is 0 Å². The van der Waals surface area contributed by atoms with Crippen molar-refractivity contribution in [3.05, 3.63) is 16.1 Å². The molecule has 0 aromatic carbocycles. The van der Waals surface area contributed by atoms with E-state index in [1.54, 1.807) is 23.2 Å². The molecule has 0 saturated carbocycles. The number of hydrogen-bond donors (Lipinski definition) is 1. The second kappa shape index (κ2) is 7.54. The van der Waals surface area contributed by atoms with Crippen molar-refractivity contribution in [2.75, 3.05) is 19.6 Å². The fourth-order valence-electron chi connectivity index (χ4n) is 2.59. The van der Waals surface area contributed by atoms with E-state index in [0.29, 0.717) is 13.1 Å². The number of amides is 2. The lowest BCUT2D eigenvalue weighted by molar-refractivity contribution is -0.133. The normalized spacial score (nSPS) is 18.6. The number of nitrogens with zero attached hydrogens (tertiary/aromatic N) is 2. The SMILES string of the molecule is CC(=O)N1CCCC(C(=O)NCCCc2nc(C)cs2)C1. The summed E-state index contributed by atoms with van der Waals surface area (Å²) in [5.74, 6) is 0.0904. The van der Waals surface area contributed by atoms with E-state index in [9.17, 15) is 9.59 Å². The molecule has 116 valence electrons. The van der Waals surface area contributed by atoms with Crippen molar-refractivity contribution in [1.82, 2.24) is 15.2 Å². The van der Waals surface area contributed by atoms with E-state index in [2.05, 4.69) is 10.3 Å². The van der Waals surface area contributed by atoms with Crippen LogP contribution in [0.1, 0.15) is 36.9 Å². The van der Waals surface area contributed by atoms with Gasteiger partial charge in [0.05, 0.1) is 10.9 Å². The highest BCUT2D eigenvalue weighted by Crippen LogP contribution is 2.16. The van der Waals surface area contributed by atoms with Gasteiger partial charge in [-0.05, 0) is 26.2 Å². The van der Waals surface area contributed by atoms with Crippen LogP contribution in [0.2, 0.25) is 0 Å². The largest absolute Gasteiger partial charge is 0.356 e. The standard InChI is InChI=1S/C15H23N3O2S/c1-11-10-21-14(17-11)6-3-7-16-15(20)13-5-4-8-18(9-13)12(2)19/h10,13H,3-9H2,1-2H3,(H,16,20). The Morgan fingerprint density at radius 3 is 3.00 bits per heavy atom. The summed E-state index contributed by atoms with van der Waals surface area (Å²) in [6, 6.07) is 0. The van der Waals surface area contributed by atoms with Gasteiger partial charge in [-0.15, -0.1) is 11.3 Å². The molecule has 1 aromatic rings. The van der Waals surface area contributed by atoms with Gasteiger partial charge < -0.3 is 10.2 Å². The molecule has 0 bridgehead atoms. The third-order valence-corrected chi connectivity index (χ3v) is 4.80. The third kappa shape index (κ3) is 4.81. The van der Waals surface area contributed by atoms with Crippen molar-refractivity contribution in [3.63, 3.8) is 0 Å². The molecule has 1 atom stereocenters. The molecule has 6 heteroatoms. The lowest BCUT2D eigenvalue weighted by Gasteiger charge is -2.31. The Morgan fingerprint density at radius 2 is 2.33 bits per heavy atom. The van der Waals surface area contributed by atoms with Gasteiger partial charge in [0.2, 0.25) is 11.8 Å². The molecule has 1 N–H and O–H groups in total. The monoisotopic (exact) mass is 309 g/mol. The number of aromatic nitrogens is 1. The number of likely N-dealkylation sites (tertiary alicyclic amines) is 1. The van der Waals surface area contributed by atoms with Gasteiger partial charge in [-0.2, -0.15) is 0 Å². The van der Waals surface area contributed by atoms with E-state index in [0.717, 1.165) is 42.9 Å². The first kappa shape index (κ1) is 15.9. The first-order chi connectivity index (χ1) is 10.1. The van der Waals surface area contributed by atoms with Gasteiger partial charge >= 0.3 is 0 Å². The van der Waals surface area contributed by atoms with Crippen molar-refractivity contribution >= 4 is 23.2 Å². The van der Waals surface area contributed by atoms with Crippen molar-refractivity contribution in [2.45, 2.75) is 39.5 Å². The van der Waals surface area contributed by atoms with Crippen LogP contribution in [-0.4, -0.2) is 41.3 Å². The molecular formula is C15H23N3O2S. The van der Waals surface area contributed by atoms with Crippen LogP contribution < -0.4 is 5.32 Å².